The van der Waals surface area contributed by atoms with Gasteiger partial charge in [0.05, 0.1) is 29.0 Å². The minimum absolute atomic E-state index is 0.0737. The van der Waals surface area contributed by atoms with Gasteiger partial charge < -0.3 is 14.1 Å². The third-order valence-electron chi connectivity index (χ3n) is 4.73. The van der Waals surface area contributed by atoms with Crippen molar-refractivity contribution in [3.05, 3.63) is 53.7 Å². The van der Waals surface area contributed by atoms with Crippen LogP contribution in [-0.4, -0.2) is 51.3 Å². The summed E-state index contributed by atoms with van der Waals surface area (Å²) in [6.45, 7) is 4.99. The van der Waals surface area contributed by atoms with Crippen molar-refractivity contribution in [1.29, 1.82) is 0 Å². The van der Waals surface area contributed by atoms with Crippen LogP contribution in [0.3, 0.4) is 0 Å². The lowest BCUT2D eigenvalue weighted by molar-refractivity contribution is 0.122. The number of anilines is 1. The Morgan fingerprint density at radius 2 is 1.83 bits per heavy atom. The standard InChI is InChI=1S/C20H20N6O2S2/c1-14(17-21-22-18(28-17)16-8-5-13-29-16)30-20-24-23-19(25-9-11-27-12-10-25)26(20)15-6-3-2-4-7-15/h2-8,13-14H,9-12H2,1H3/t14-/m0/s1. The fourth-order valence-corrected chi connectivity index (χ4v) is 4.75. The van der Waals surface area contributed by atoms with E-state index in [0.29, 0.717) is 25.0 Å². The normalized spacial score (nSPS) is 15.4. The first-order valence-electron chi connectivity index (χ1n) is 9.67. The van der Waals surface area contributed by atoms with Crippen molar-refractivity contribution >= 4 is 29.0 Å². The number of ether oxygens (including phenoxy) is 1. The van der Waals surface area contributed by atoms with Gasteiger partial charge in [0.1, 0.15) is 0 Å². The molecule has 0 unspecified atom stereocenters. The van der Waals surface area contributed by atoms with Gasteiger partial charge in [-0.25, -0.2) is 0 Å². The molecule has 4 aromatic rings. The van der Waals surface area contributed by atoms with Crippen LogP contribution in [0, 0.1) is 0 Å². The van der Waals surface area contributed by atoms with Crippen molar-refractivity contribution in [2.24, 2.45) is 0 Å². The Morgan fingerprint density at radius 1 is 1.00 bits per heavy atom. The van der Waals surface area contributed by atoms with Crippen LogP contribution < -0.4 is 4.90 Å². The molecule has 1 saturated heterocycles. The molecule has 0 aliphatic carbocycles. The minimum atomic E-state index is -0.0737. The summed E-state index contributed by atoms with van der Waals surface area (Å²) >= 11 is 3.13. The average Bonchev–Trinajstić information content (AvgIpc) is 3.55. The van der Waals surface area contributed by atoms with E-state index in [1.807, 2.05) is 42.6 Å². The molecule has 1 fully saturated rings. The van der Waals surface area contributed by atoms with Crippen LogP contribution in [0.15, 0.2) is 57.4 Å². The molecular weight excluding hydrogens is 420 g/mol. The number of aromatic nitrogens is 5. The molecule has 0 amide bonds. The highest BCUT2D eigenvalue weighted by molar-refractivity contribution is 7.99. The van der Waals surface area contributed by atoms with Gasteiger partial charge in [0.15, 0.2) is 5.16 Å². The predicted octanol–water partition coefficient (Wildman–Crippen LogP) is 4.07. The minimum Gasteiger partial charge on any atom is -0.419 e. The maximum Gasteiger partial charge on any atom is 0.257 e. The predicted molar refractivity (Wildman–Crippen MR) is 116 cm³/mol. The number of rotatable bonds is 6. The number of nitrogens with zero attached hydrogens (tertiary/aromatic N) is 6. The second-order valence-corrected chi connectivity index (χ2v) is 8.99. The summed E-state index contributed by atoms with van der Waals surface area (Å²) in [7, 11) is 0. The van der Waals surface area contributed by atoms with E-state index in [1.165, 1.54) is 0 Å². The molecule has 5 rings (SSSR count). The zero-order valence-electron chi connectivity index (χ0n) is 16.3. The Hall–Kier alpha value is -2.69. The zero-order valence-corrected chi connectivity index (χ0v) is 18.0. The van der Waals surface area contributed by atoms with E-state index in [4.69, 9.17) is 9.15 Å². The Balaban J connectivity index is 1.44. The Morgan fingerprint density at radius 3 is 2.60 bits per heavy atom. The molecule has 30 heavy (non-hydrogen) atoms. The Labute approximate surface area is 181 Å². The molecule has 0 radical (unpaired) electrons. The smallest absolute Gasteiger partial charge is 0.257 e. The van der Waals surface area contributed by atoms with E-state index in [0.717, 1.165) is 34.8 Å². The molecule has 10 heteroatoms. The second-order valence-electron chi connectivity index (χ2n) is 6.74. The molecule has 0 N–H and O–H groups in total. The van der Waals surface area contributed by atoms with Gasteiger partial charge in [0, 0.05) is 13.1 Å². The summed E-state index contributed by atoms with van der Waals surface area (Å²) in [5, 5.41) is 20.2. The number of benzene rings is 1. The third kappa shape index (κ3) is 3.85. The van der Waals surface area contributed by atoms with Crippen LogP contribution in [0.25, 0.3) is 16.5 Å². The fraction of sp³-hybridized carbons (Fsp3) is 0.300. The van der Waals surface area contributed by atoms with E-state index in [9.17, 15) is 0 Å². The van der Waals surface area contributed by atoms with E-state index in [1.54, 1.807) is 23.1 Å². The van der Waals surface area contributed by atoms with E-state index in [2.05, 4.69) is 42.0 Å². The van der Waals surface area contributed by atoms with Crippen molar-refractivity contribution in [1.82, 2.24) is 25.0 Å². The molecule has 0 bridgehead atoms. The summed E-state index contributed by atoms with van der Waals surface area (Å²) < 4.78 is 13.5. The van der Waals surface area contributed by atoms with Gasteiger partial charge in [-0.3, -0.25) is 4.57 Å². The highest BCUT2D eigenvalue weighted by Crippen LogP contribution is 2.37. The van der Waals surface area contributed by atoms with Gasteiger partial charge in [-0.15, -0.1) is 31.7 Å². The summed E-state index contributed by atoms with van der Waals surface area (Å²) in [6, 6.07) is 14.1. The Kier molecular flexibility index (Phi) is 5.52. The first-order chi connectivity index (χ1) is 14.8. The molecule has 1 atom stereocenters. The number of hydrogen-bond donors (Lipinski definition) is 0. The van der Waals surface area contributed by atoms with E-state index < -0.39 is 0 Å². The number of morpholine rings is 1. The first-order valence-corrected chi connectivity index (χ1v) is 11.4. The number of para-hydroxylation sites is 1. The molecule has 1 aliphatic rings. The largest absolute Gasteiger partial charge is 0.419 e. The van der Waals surface area contributed by atoms with Gasteiger partial charge in [-0.1, -0.05) is 36.0 Å². The topological polar surface area (TPSA) is 82.1 Å². The van der Waals surface area contributed by atoms with Crippen LogP contribution in [0.1, 0.15) is 18.1 Å². The second kappa shape index (κ2) is 8.58. The maximum atomic E-state index is 5.91. The highest BCUT2D eigenvalue weighted by atomic mass is 32.2. The molecule has 4 heterocycles. The van der Waals surface area contributed by atoms with Gasteiger partial charge in [-0.2, -0.15) is 0 Å². The third-order valence-corrected chi connectivity index (χ3v) is 6.62. The van der Waals surface area contributed by atoms with Gasteiger partial charge in [0.2, 0.25) is 11.8 Å². The summed E-state index contributed by atoms with van der Waals surface area (Å²) in [6.07, 6.45) is 0. The number of thioether (sulfide) groups is 1. The zero-order chi connectivity index (χ0) is 20.3. The molecular formula is C20H20N6O2S2. The SMILES string of the molecule is C[C@H](Sc1nnc(N2CCOCC2)n1-c1ccccc1)c1nnc(-c2cccs2)o1. The van der Waals surface area contributed by atoms with Crippen molar-refractivity contribution in [2.75, 3.05) is 31.2 Å². The van der Waals surface area contributed by atoms with Crippen molar-refractivity contribution in [2.45, 2.75) is 17.3 Å². The van der Waals surface area contributed by atoms with Crippen LogP contribution in [-0.2, 0) is 4.74 Å². The molecule has 8 nitrogen and oxygen atoms in total. The van der Waals surface area contributed by atoms with Crippen LogP contribution >= 0.6 is 23.1 Å². The number of hydrogen-bond acceptors (Lipinski definition) is 9. The monoisotopic (exact) mass is 440 g/mol. The van der Waals surface area contributed by atoms with E-state index >= 15 is 0 Å². The van der Waals surface area contributed by atoms with Crippen molar-refractivity contribution < 1.29 is 9.15 Å². The quantitative estimate of drug-likeness (QED) is 0.415. The molecule has 0 saturated carbocycles. The molecule has 0 spiro atoms. The van der Waals surface area contributed by atoms with Crippen LogP contribution in [0.4, 0.5) is 5.95 Å². The van der Waals surface area contributed by atoms with E-state index in [-0.39, 0.29) is 5.25 Å². The first kappa shape index (κ1) is 19.3. The molecule has 3 aromatic heterocycles. The van der Waals surface area contributed by atoms with Crippen LogP contribution in [0.5, 0.6) is 0 Å². The van der Waals surface area contributed by atoms with Crippen molar-refractivity contribution in [3.8, 4) is 16.5 Å². The van der Waals surface area contributed by atoms with Gasteiger partial charge >= 0.3 is 0 Å². The molecule has 1 aromatic carbocycles. The summed E-state index contributed by atoms with van der Waals surface area (Å²) in [5.41, 5.74) is 1.02. The highest BCUT2D eigenvalue weighted by Gasteiger charge is 2.25. The fourth-order valence-electron chi connectivity index (χ4n) is 3.22. The lowest BCUT2D eigenvalue weighted by Gasteiger charge is -2.28. The number of thiophene rings is 1. The Bertz CT molecular complexity index is 1090. The maximum absolute atomic E-state index is 5.91. The summed E-state index contributed by atoms with van der Waals surface area (Å²) in [5.74, 6) is 1.94. The molecule has 1 aliphatic heterocycles. The lowest BCUT2D eigenvalue weighted by Crippen LogP contribution is -2.37. The molecule has 154 valence electrons. The van der Waals surface area contributed by atoms with Gasteiger partial charge in [0.25, 0.3) is 5.89 Å². The average molecular weight is 441 g/mol. The summed E-state index contributed by atoms with van der Waals surface area (Å²) in [4.78, 5) is 3.17. The van der Waals surface area contributed by atoms with Crippen LogP contribution in [0.2, 0.25) is 0 Å². The lowest BCUT2D eigenvalue weighted by atomic mass is 10.3. The van der Waals surface area contributed by atoms with Gasteiger partial charge in [-0.05, 0) is 30.5 Å². The van der Waals surface area contributed by atoms with Crippen molar-refractivity contribution in [3.63, 3.8) is 0 Å².